The summed E-state index contributed by atoms with van der Waals surface area (Å²) in [6.45, 7) is 4.26. The zero-order valence-corrected chi connectivity index (χ0v) is 15.7. The normalized spacial score (nSPS) is 17.0. The maximum Gasteiger partial charge on any atom is 0.264 e. The van der Waals surface area contributed by atoms with Crippen molar-refractivity contribution < 1.29 is 9.59 Å². The van der Waals surface area contributed by atoms with Gasteiger partial charge in [0, 0.05) is 19.6 Å². The van der Waals surface area contributed by atoms with Crippen molar-refractivity contribution in [2.45, 2.75) is 19.4 Å². The fraction of sp³-hybridized carbons (Fsp3) is 0.333. The minimum atomic E-state index is -0.494. The van der Waals surface area contributed by atoms with Gasteiger partial charge in [-0.1, -0.05) is 31.2 Å². The average Bonchev–Trinajstić information content (AvgIpc) is 3.12. The molecule has 1 saturated heterocycles. The molecule has 2 heterocycles. The van der Waals surface area contributed by atoms with Crippen LogP contribution in [0.3, 0.4) is 0 Å². The smallest absolute Gasteiger partial charge is 0.264 e. The number of benzene rings is 1. The Labute approximate surface area is 157 Å². The van der Waals surface area contributed by atoms with Crippen molar-refractivity contribution in [3.05, 3.63) is 57.3 Å². The highest BCUT2D eigenvalue weighted by Gasteiger charge is 2.29. The zero-order valence-electron chi connectivity index (χ0n) is 14.0. The van der Waals surface area contributed by atoms with E-state index in [0.717, 1.165) is 36.4 Å². The molecule has 1 unspecified atom stereocenters. The Bertz CT molecular complexity index is 745. The Kier molecular flexibility index (Phi) is 6.58. The van der Waals surface area contributed by atoms with Gasteiger partial charge in [-0.2, -0.15) is 0 Å². The van der Waals surface area contributed by atoms with Crippen LogP contribution < -0.4 is 11.1 Å². The second kappa shape index (κ2) is 8.47. The third-order valence-corrected chi connectivity index (χ3v) is 5.42. The van der Waals surface area contributed by atoms with Gasteiger partial charge in [0.15, 0.2) is 0 Å². The summed E-state index contributed by atoms with van der Waals surface area (Å²) >= 11 is 1.16. The number of nitrogens with zero attached hydrogens (tertiary/aromatic N) is 1. The van der Waals surface area contributed by atoms with Crippen molar-refractivity contribution in [1.82, 2.24) is 10.2 Å². The van der Waals surface area contributed by atoms with Crippen LogP contribution in [0.15, 0.2) is 36.4 Å². The molecule has 7 heteroatoms. The lowest BCUT2D eigenvalue weighted by Crippen LogP contribution is -2.48. The molecule has 134 valence electrons. The zero-order chi connectivity index (χ0) is 17.1. The van der Waals surface area contributed by atoms with Gasteiger partial charge in [0.05, 0.1) is 15.8 Å². The lowest BCUT2D eigenvalue weighted by atomic mass is 10.0. The summed E-state index contributed by atoms with van der Waals surface area (Å²) in [5.74, 6) is -0.537. The number of nitrogens with one attached hydrogen (secondary N) is 1. The number of hydrogen-bond acceptors (Lipinski definition) is 4. The number of carbonyl (C=O) groups excluding carboxylic acids is 2. The lowest BCUT2D eigenvalue weighted by molar-refractivity contribution is 0.0639. The first-order chi connectivity index (χ1) is 11.6. The Balaban J connectivity index is 0.00000225. The number of rotatable bonds is 4. The number of nitrogens with two attached hydrogens (primary N) is 1. The predicted octanol–water partition coefficient (Wildman–Crippen LogP) is 2.62. The molecule has 3 rings (SSSR count). The molecule has 5 nitrogen and oxygen atoms in total. The van der Waals surface area contributed by atoms with Gasteiger partial charge in [0.1, 0.15) is 0 Å². The molecule has 0 radical (unpaired) electrons. The summed E-state index contributed by atoms with van der Waals surface area (Å²) in [6, 6.07) is 11.7. The molecule has 1 aliphatic rings. The van der Waals surface area contributed by atoms with Crippen LogP contribution in [0.1, 0.15) is 43.4 Å². The van der Waals surface area contributed by atoms with Crippen molar-refractivity contribution >= 4 is 35.6 Å². The second-order valence-corrected chi connectivity index (χ2v) is 6.93. The van der Waals surface area contributed by atoms with E-state index in [1.54, 1.807) is 12.1 Å². The third-order valence-electron chi connectivity index (χ3n) is 4.34. The molecule has 0 spiro atoms. The van der Waals surface area contributed by atoms with Gasteiger partial charge in [0.2, 0.25) is 0 Å². The van der Waals surface area contributed by atoms with Crippen molar-refractivity contribution in [3.63, 3.8) is 0 Å². The van der Waals surface area contributed by atoms with E-state index in [2.05, 4.69) is 36.5 Å². The number of carbonyl (C=O) groups is 2. The van der Waals surface area contributed by atoms with Gasteiger partial charge in [-0.25, -0.2) is 0 Å². The number of piperazine rings is 1. The summed E-state index contributed by atoms with van der Waals surface area (Å²) in [7, 11) is 0. The molecule has 1 fully saturated rings. The quantitative estimate of drug-likeness (QED) is 0.857. The van der Waals surface area contributed by atoms with Crippen LogP contribution in [-0.4, -0.2) is 36.3 Å². The Hall–Kier alpha value is -1.89. The summed E-state index contributed by atoms with van der Waals surface area (Å²) < 4.78 is 0. The SMILES string of the molecule is CCc1ccc(C2CNCCN2C(=O)c2ccc(C(N)=O)s2)cc1.Cl. The highest BCUT2D eigenvalue weighted by molar-refractivity contribution is 7.15. The number of hydrogen-bond donors (Lipinski definition) is 2. The molecular formula is C18H22ClN3O2S. The summed E-state index contributed by atoms with van der Waals surface area (Å²) in [5, 5.41) is 3.36. The molecule has 25 heavy (non-hydrogen) atoms. The monoisotopic (exact) mass is 379 g/mol. The first-order valence-electron chi connectivity index (χ1n) is 8.10. The van der Waals surface area contributed by atoms with E-state index < -0.39 is 5.91 Å². The molecule has 0 bridgehead atoms. The Morgan fingerprint density at radius 1 is 1.20 bits per heavy atom. The summed E-state index contributed by atoms with van der Waals surface area (Å²) in [6.07, 6.45) is 0.997. The topological polar surface area (TPSA) is 75.4 Å². The van der Waals surface area contributed by atoms with E-state index in [1.165, 1.54) is 5.56 Å². The van der Waals surface area contributed by atoms with E-state index in [9.17, 15) is 9.59 Å². The van der Waals surface area contributed by atoms with E-state index in [-0.39, 0.29) is 24.4 Å². The summed E-state index contributed by atoms with van der Waals surface area (Å²) in [5.41, 5.74) is 7.69. The third kappa shape index (κ3) is 4.21. The molecule has 2 amide bonds. The number of halogens is 1. The molecule has 0 aliphatic carbocycles. The van der Waals surface area contributed by atoms with E-state index in [0.29, 0.717) is 16.3 Å². The molecule has 1 aromatic carbocycles. The van der Waals surface area contributed by atoms with Gasteiger partial charge in [-0.3, -0.25) is 9.59 Å². The Morgan fingerprint density at radius 3 is 2.48 bits per heavy atom. The van der Waals surface area contributed by atoms with Crippen LogP contribution in [0.5, 0.6) is 0 Å². The van der Waals surface area contributed by atoms with Gasteiger partial charge in [-0.15, -0.1) is 23.7 Å². The fourth-order valence-corrected chi connectivity index (χ4v) is 3.76. The number of primary amides is 1. The van der Waals surface area contributed by atoms with E-state index in [4.69, 9.17) is 5.73 Å². The van der Waals surface area contributed by atoms with Crippen molar-refractivity contribution in [1.29, 1.82) is 0 Å². The molecular weight excluding hydrogens is 358 g/mol. The van der Waals surface area contributed by atoms with Gasteiger partial charge >= 0.3 is 0 Å². The average molecular weight is 380 g/mol. The van der Waals surface area contributed by atoms with Gasteiger partial charge < -0.3 is 16.0 Å². The van der Waals surface area contributed by atoms with Gasteiger partial charge in [-0.05, 0) is 29.7 Å². The van der Waals surface area contributed by atoms with Crippen LogP contribution in [0.25, 0.3) is 0 Å². The first-order valence-corrected chi connectivity index (χ1v) is 8.92. The van der Waals surface area contributed by atoms with Crippen LogP contribution >= 0.6 is 23.7 Å². The standard InChI is InChI=1S/C18H21N3O2S.ClH/c1-2-12-3-5-13(6-4-12)14-11-20-9-10-21(14)18(23)16-8-7-15(24-16)17(19)22;/h3-8,14,20H,2,9-11H2,1H3,(H2,19,22);1H. The Morgan fingerprint density at radius 2 is 1.88 bits per heavy atom. The van der Waals surface area contributed by atoms with Crippen molar-refractivity contribution in [3.8, 4) is 0 Å². The minimum Gasteiger partial charge on any atom is -0.365 e. The van der Waals surface area contributed by atoms with Crippen molar-refractivity contribution in [2.75, 3.05) is 19.6 Å². The highest BCUT2D eigenvalue weighted by atomic mass is 35.5. The van der Waals surface area contributed by atoms with Gasteiger partial charge in [0.25, 0.3) is 11.8 Å². The molecule has 1 aliphatic heterocycles. The van der Waals surface area contributed by atoms with Crippen LogP contribution in [0.4, 0.5) is 0 Å². The number of aryl methyl sites for hydroxylation is 1. The van der Waals surface area contributed by atoms with Crippen molar-refractivity contribution in [2.24, 2.45) is 5.73 Å². The fourth-order valence-electron chi connectivity index (χ4n) is 2.95. The van der Waals surface area contributed by atoms with E-state index in [1.807, 2.05) is 4.90 Å². The minimum absolute atomic E-state index is 0. The summed E-state index contributed by atoms with van der Waals surface area (Å²) in [4.78, 5) is 27.0. The highest BCUT2D eigenvalue weighted by Crippen LogP contribution is 2.27. The van der Waals surface area contributed by atoms with Crippen LogP contribution in [0, 0.1) is 0 Å². The number of thiophene rings is 1. The largest absolute Gasteiger partial charge is 0.365 e. The maximum absolute atomic E-state index is 12.9. The predicted molar refractivity (Wildman–Crippen MR) is 103 cm³/mol. The molecule has 0 saturated carbocycles. The van der Waals surface area contributed by atoms with Crippen LogP contribution in [0.2, 0.25) is 0 Å². The second-order valence-electron chi connectivity index (χ2n) is 5.84. The maximum atomic E-state index is 12.9. The van der Waals surface area contributed by atoms with Crippen LogP contribution in [-0.2, 0) is 6.42 Å². The first kappa shape index (κ1) is 19.4. The molecule has 1 atom stereocenters. The molecule has 3 N–H and O–H groups in total. The van der Waals surface area contributed by atoms with E-state index >= 15 is 0 Å². The molecule has 2 aromatic rings. The number of amides is 2. The lowest BCUT2D eigenvalue weighted by Gasteiger charge is -2.36. The molecule has 1 aromatic heterocycles.